The summed E-state index contributed by atoms with van der Waals surface area (Å²) < 4.78 is 59.9. The normalized spacial score (nSPS) is 22.6. The molecule has 1 unspecified atom stereocenters. The molecule has 1 saturated heterocycles. The van der Waals surface area contributed by atoms with Crippen LogP contribution in [0.1, 0.15) is 12.8 Å². The van der Waals surface area contributed by atoms with Crippen LogP contribution in [0.2, 0.25) is 0 Å². The van der Waals surface area contributed by atoms with E-state index in [4.69, 9.17) is 0 Å². The van der Waals surface area contributed by atoms with Crippen LogP contribution in [0.15, 0.2) is 0 Å². The Morgan fingerprint density at radius 1 is 1.42 bits per heavy atom. The molecule has 0 spiro atoms. The van der Waals surface area contributed by atoms with Crippen LogP contribution in [-0.4, -0.2) is 56.4 Å². The molecular weight excluding hydrogens is 301 g/mol. The highest BCUT2D eigenvalue weighted by Crippen LogP contribution is 2.29. The first-order chi connectivity index (χ1) is 8.68. The second-order valence-corrected chi connectivity index (χ2v) is 7.77. The molecule has 1 aliphatic rings. The second kappa shape index (κ2) is 7.14. The molecule has 0 aromatic heterocycles. The summed E-state index contributed by atoms with van der Waals surface area (Å²) in [5, 5.41) is 2.96. The number of nitrogens with zero attached hydrogens (tertiary/aromatic N) is 1. The molecule has 0 aliphatic carbocycles. The predicted molar refractivity (Wildman–Crippen MR) is 70.5 cm³/mol. The molecule has 4 nitrogen and oxygen atoms in total. The lowest BCUT2D eigenvalue weighted by Gasteiger charge is -2.31. The first-order valence-corrected chi connectivity index (χ1v) is 8.88. The van der Waals surface area contributed by atoms with Crippen LogP contribution in [0.4, 0.5) is 13.2 Å². The summed E-state index contributed by atoms with van der Waals surface area (Å²) >= 11 is -0.0438. The monoisotopic (exact) mass is 320 g/mol. The summed E-state index contributed by atoms with van der Waals surface area (Å²) in [6.07, 6.45) is 2.89. The number of piperidine rings is 1. The van der Waals surface area contributed by atoms with Crippen molar-refractivity contribution in [2.75, 3.05) is 38.2 Å². The second-order valence-electron chi connectivity index (χ2n) is 4.63. The first-order valence-electron chi connectivity index (χ1n) is 6.05. The van der Waals surface area contributed by atoms with Crippen molar-refractivity contribution in [1.82, 2.24) is 9.62 Å². The molecule has 0 amide bonds. The third-order valence-corrected chi connectivity index (χ3v) is 4.93. The molecule has 114 valence electrons. The van der Waals surface area contributed by atoms with E-state index in [1.165, 1.54) is 10.6 Å². The molecule has 0 radical (unpaired) electrons. The Balaban J connectivity index is 2.19. The molecule has 0 aromatic carbocycles. The lowest BCUT2D eigenvalue weighted by atomic mass is 10.00. The summed E-state index contributed by atoms with van der Waals surface area (Å²) in [6.45, 7) is 1.83. The zero-order valence-electron chi connectivity index (χ0n) is 10.7. The third kappa shape index (κ3) is 7.38. The molecule has 19 heavy (non-hydrogen) atoms. The van der Waals surface area contributed by atoms with E-state index in [2.05, 4.69) is 5.32 Å². The van der Waals surface area contributed by atoms with Gasteiger partial charge in [-0.1, -0.05) is 0 Å². The van der Waals surface area contributed by atoms with Gasteiger partial charge in [-0.15, -0.1) is 0 Å². The first kappa shape index (κ1) is 17.1. The van der Waals surface area contributed by atoms with Gasteiger partial charge in [0.05, 0.1) is 6.26 Å². The molecule has 1 rings (SSSR count). The molecule has 1 heterocycles. The minimum atomic E-state index is -4.18. The van der Waals surface area contributed by atoms with E-state index in [0.29, 0.717) is 19.6 Å². The Bertz CT molecular complexity index is 373. The van der Waals surface area contributed by atoms with E-state index < -0.39 is 15.5 Å². The van der Waals surface area contributed by atoms with Crippen LogP contribution in [0.3, 0.4) is 0 Å². The number of sulfonamides is 1. The zero-order chi connectivity index (χ0) is 14.5. The van der Waals surface area contributed by atoms with Gasteiger partial charge in [0.25, 0.3) is 0 Å². The van der Waals surface area contributed by atoms with E-state index in [1.807, 2.05) is 0 Å². The number of rotatable bonds is 6. The Morgan fingerprint density at radius 3 is 2.68 bits per heavy atom. The highest BCUT2D eigenvalue weighted by atomic mass is 32.2. The zero-order valence-corrected chi connectivity index (χ0v) is 12.4. The van der Waals surface area contributed by atoms with Crippen molar-refractivity contribution in [2.45, 2.75) is 18.3 Å². The topological polar surface area (TPSA) is 49.4 Å². The standard InChI is InChI=1S/C10H19F3N2O2S2/c1-19(16,17)15-5-2-3-9(8-15)7-14-4-6-18-10(11,12)13/h9,14H,2-8H2,1H3. The average molecular weight is 320 g/mol. The maximum Gasteiger partial charge on any atom is 0.441 e. The summed E-state index contributed by atoms with van der Waals surface area (Å²) in [5.41, 5.74) is -4.18. The van der Waals surface area contributed by atoms with Crippen molar-refractivity contribution in [3.63, 3.8) is 0 Å². The lowest BCUT2D eigenvalue weighted by molar-refractivity contribution is -0.0327. The number of hydrogen-bond donors (Lipinski definition) is 1. The highest BCUT2D eigenvalue weighted by Gasteiger charge is 2.28. The van der Waals surface area contributed by atoms with E-state index in [0.717, 1.165) is 12.8 Å². The van der Waals surface area contributed by atoms with Crippen molar-refractivity contribution in [3.8, 4) is 0 Å². The Kier molecular flexibility index (Phi) is 6.41. The van der Waals surface area contributed by atoms with Gasteiger partial charge in [-0.3, -0.25) is 0 Å². The lowest BCUT2D eigenvalue weighted by Crippen LogP contribution is -2.42. The summed E-state index contributed by atoms with van der Waals surface area (Å²) in [5.74, 6) is 0.158. The third-order valence-electron chi connectivity index (χ3n) is 2.93. The Labute approximate surface area is 116 Å². The van der Waals surface area contributed by atoms with Gasteiger partial charge in [0, 0.05) is 25.4 Å². The quantitative estimate of drug-likeness (QED) is 0.754. The minimum absolute atomic E-state index is 0.0218. The summed E-state index contributed by atoms with van der Waals surface area (Å²) in [7, 11) is -3.16. The number of alkyl halides is 3. The molecule has 1 fully saturated rings. The fourth-order valence-electron chi connectivity index (χ4n) is 2.04. The van der Waals surface area contributed by atoms with Crippen LogP contribution in [0.5, 0.6) is 0 Å². The fraction of sp³-hybridized carbons (Fsp3) is 1.00. The highest BCUT2D eigenvalue weighted by molar-refractivity contribution is 8.00. The number of hydrogen-bond acceptors (Lipinski definition) is 4. The SMILES string of the molecule is CS(=O)(=O)N1CCCC(CNCCSC(F)(F)F)C1. The van der Waals surface area contributed by atoms with Crippen molar-refractivity contribution in [3.05, 3.63) is 0 Å². The molecule has 1 N–H and O–H groups in total. The Hall–Kier alpha value is 0.01000. The maximum atomic E-state index is 11.9. The fourth-order valence-corrected chi connectivity index (χ4v) is 3.46. The number of halogens is 3. The van der Waals surface area contributed by atoms with E-state index in [9.17, 15) is 21.6 Å². The molecule has 0 aromatic rings. The molecule has 1 atom stereocenters. The van der Waals surface area contributed by atoms with Gasteiger partial charge in [-0.25, -0.2) is 12.7 Å². The van der Waals surface area contributed by atoms with Crippen LogP contribution >= 0.6 is 11.8 Å². The van der Waals surface area contributed by atoms with Crippen molar-refractivity contribution >= 4 is 21.8 Å². The predicted octanol–water partition coefficient (Wildman–Crippen LogP) is 1.50. The van der Waals surface area contributed by atoms with Crippen LogP contribution in [0.25, 0.3) is 0 Å². The van der Waals surface area contributed by atoms with E-state index in [-0.39, 0.29) is 30.0 Å². The van der Waals surface area contributed by atoms with Gasteiger partial charge in [0.15, 0.2) is 0 Å². The minimum Gasteiger partial charge on any atom is -0.316 e. The van der Waals surface area contributed by atoms with Gasteiger partial charge in [0.2, 0.25) is 10.0 Å². The summed E-state index contributed by atoms with van der Waals surface area (Å²) in [4.78, 5) is 0. The molecule has 1 aliphatic heterocycles. The van der Waals surface area contributed by atoms with E-state index >= 15 is 0 Å². The Morgan fingerprint density at radius 2 is 2.11 bits per heavy atom. The maximum absolute atomic E-state index is 11.9. The van der Waals surface area contributed by atoms with Crippen molar-refractivity contribution in [2.24, 2.45) is 5.92 Å². The molecular formula is C10H19F3N2O2S2. The van der Waals surface area contributed by atoms with E-state index in [1.54, 1.807) is 0 Å². The van der Waals surface area contributed by atoms with Crippen LogP contribution < -0.4 is 5.32 Å². The molecule has 0 bridgehead atoms. The number of nitrogens with one attached hydrogen (secondary N) is 1. The number of thioether (sulfide) groups is 1. The smallest absolute Gasteiger partial charge is 0.316 e. The van der Waals surface area contributed by atoms with Gasteiger partial charge in [-0.2, -0.15) is 13.2 Å². The average Bonchev–Trinajstić information content (AvgIpc) is 2.26. The molecule has 9 heteroatoms. The van der Waals surface area contributed by atoms with Crippen LogP contribution in [0, 0.1) is 5.92 Å². The van der Waals surface area contributed by atoms with Gasteiger partial charge < -0.3 is 5.32 Å². The summed E-state index contributed by atoms with van der Waals surface area (Å²) in [6, 6.07) is 0. The van der Waals surface area contributed by atoms with Gasteiger partial charge >= 0.3 is 5.51 Å². The largest absolute Gasteiger partial charge is 0.441 e. The van der Waals surface area contributed by atoms with Crippen molar-refractivity contribution in [1.29, 1.82) is 0 Å². The van der Waals surface area contributed by atoms with Crippen LogP contribution in [-0.2, 0) is 10.0 Å². The van der Waals surface area contributed by atoms with Gasteiger partial charge in [-0.05, 0) is 37.1 Å². The van der Waals surface area contributed by atoms with Crippen molar-refractivity contribution < 1.29 is 21.6 Å². The van der Waals surface area contributed by atoms with Gasteiger partial charge in [0.1, 0.15) is 0 Å². The molecule has 0 saturated carbocycles.